The summed E-state index contributed by atoms with van der Waals surface area (Å²) in [6.45, 7) is 4.21. The lowest BCUT2D eigenvalue weighted by molar-refractivity contribution is -0.129. The molecule has 1 aliphatic rings. The molecular weight excluding hydrogens is 319 g/mol. The summed E-state index contributed by atoms with van der Waals surface area (Å²) in [5.41, 5.74) is 3.32. The highest BCUT2D eigenvalue weighted by Gasteiger charge is 2.33. The molecule has 0 unspecified atom stereocenters. The highest BCUT2D eigenvalue weighted by atomic mass is 19.1. The zero-order chi connectivity index (χ0) is 18.0. The summed E-state index contributed by atoms with van der Waals surface area (Å²) in [6.07, 6.45) is 3.25. The molecule has 5 heteroatoms. The Labute approximate surface area is 146 Å². The summed E-state index contributed by atoms with van der Waals surface area (Å²) in [5.74, 6) is -0.793. The Hall–Kier alpha value is -2.69. The number of benzene rings is 1. The normalized spacial score (nSPS) is 14.7. The largest absolute Gasteiger partial charge is 0.503 e. The lowest BCUT2D eigenvalue weighted by atomic mass is 10.0. The van der Waals surface area contributed by atoms with E-state index in [4.69, 9.17) is 0 Å². The third-order valence-electron chi connectivity index (χ3n) is 4.45. The van der Waals surface area contributed by atoms with E-state index < -0.39 is 0 Å². The molecule has 0 atom stereocenters. The van der Waals surface area contributed by atoms with Gasteiger partial charge in [0.05, 0.1) is 12.2 Å². The van der Waals surface area contributed by atoms with Crippen LogP contribution in [0.5, 0.6) is 0 Å². The molecule has 1 aromatic heterocycles. The van der Waals surface area contributed by atoms with Crippen LogP contribution >= 0.6 is 0 Å². The van der Waals surface area contributed by atoms with Crippen molar-refractivity contribution in [3.05, 3.63) is 71.0 Å². The molecule has 0 bridgehead atoms. The maximum Gasteiger partial charge on any atom is 0.289 e. The van der Waals surface area contributed by atoms with Gasteiger partial charge in [-0.3, -0.25) is 9.78 Å². The zero-order valence-electron chi connectivity index (χ0n) is 14.4. The van der Waals surface area contributed by atoms with Crippen molar-refractivity contribution in [1.82, 2.24) is 9.88 Å². The summed E-state index contributed by atoms with van der Waals surface area (Å²) in [5, 5.41) is 10.2. The zero-order valence-corrected chi connectivity index (χ0v) is 14.4. The van der Waals surface area contributed by atoms with E-state index in [2.05, 4.69) is 4.98 Å². The van der Waals surface area contributed by atoms with E-state index in [-0.39, 0.29) is 23.5 Å². The molecule has 2 heterocycles. The van der Waals surface area contributed by atoms with E-state index in [0.717, 1.165) is 24.0 Å². The SMILES string of the molecule is CC(C)N1CC(c2cc(CCc3ccc(F)cc3)ccn2)=C(O)C1=O. The molecule has 130 valence electrons. The first-order chi connectivity index (χ1) is 12.0. The monoisotopic (exact) mass is 340 g/mol. The molecule has 25 heavy (non-hydrogen) atoms. The van der Waals surface area contributed by atoms with Gasteiger partial charge < -0.3 is 10.0 Å². The number of aliphatic hydroxyl groups excluding tert-OH is 1. The summed E-state index contributed by atoms with van der Waals surface area (Å²) in [7, 11) is 0. The van der Waals surface area contributed by atoms with Crippen molar-refractivity contribution < 1.29 is 14.3 Å². The van der Waals surface area contributed by atoms with Gasteiger partial charge in [0.15, 0.2) is 5.76 Å². The number of carbonyl (C=O) groups excluding carboxylic acids is 1. The van der Waals surface area contributed by atoms with E-state index in [1.165, 1.54) is 12.1 Å². The first-order valence-corrected chi connectivity index (χ1v) is 8.38. The molecule has 4 nitrogen and oxygen atoms in total. The molecule has 0 saturated carbocycles. The van der Waals surface area contributed by atoms with Crippen molar-refractivity contribution in [1.29, 1.82) is 0 Å². The second-order valence-corrected chi connectivity index (χ2v) is 6.53. The fourth-order valence-electron chi connectivity index (χ4n) is 2.94. The first-order valence-electron chi connectivity index (χ1n) is 8.38. The van der Waals surface area contributed by atoms with Gasteiger partial charge in [-0.05, 0) is 62.1 Å². The lowest BCUT2D eigenvalue weighted by Gasteiger charge is -2.20. The second kappa shape index (κ2) is 7.05. The molecule has 1 amide bonds. The average molecular weight is 340 g/mol. The second-order valence-electron chi connectivity index (χ2n) is 6.53. The molecule has 1 aliphatic heterocycles. The van der Waals surface area contributed by atoms with Crippen LogP contribution in [0.1, 0.15) is 30.7 Å². The average Bonchev–Trinajstić information content (AvgIpc) is 2.90. The number of nitrogens with zero attached hydrogens (tertiary/aromatic N) is 2. The predicted octanol–water partition coefficient (Wildman–Crippen LogP) is 3.53. The van der Waals surface area contributed by atoms with Crippen LogP contribution in [0.3, 0.4) is 0 Å². The van der Waals surface area contributed by atoms with Gasteiger partial charge >= 0.3 is 0 Å². The van der Waals surface area contributed by atoms with Crippen molar-refractivity contribution in [3.8, 4) is 0 Å². The summed E-state index contributed by atoms with van der Waals surface area (Å²) >= 11 is 0. The third-order valence-corrected chi connectivity index (χ3v) is 4.45. The summed E-state index contributed by atoms with van der Waals surface area (Å²) in [6, 6.07) is 10.3. The molecule has 0 aliphatic carbocycles. The molecular formula is C20H21FN2O2. The quantitative estimate of drug-likeness (QED) is 0.906. The van der Waals surface area contributed by atoms with Crippen molar-refractivity contribution in [2.75, 3.05) is 6.54 Å². The van der Waals surface area contributed by atoms with E-state index in [9.17, 15) is 14.3 Å². The van der Waals surface area contributed by atoms with Crippen LogP contribution in [-0.2, 0) is 17.6 Å². The maximum absolute atomic E-state index is 13.0. The van der Waals surface area contributed by atoms with Gasteiger partial charge in [-0.2, -0.15) is 0 Å². The van der Waals surface area contributed by atoms with E-state index >= 15 is 0 Å². The fraction of sp³-hybridized carbons (Fsp3) is 0.300. The number of amides is 1. The van der Waals surface area contributed by atoms with Crippen LogP contribution in [-0.4, -0.2) is 33.5 Å². The lowest BCUT2D eigenvalue weighted by Crippen LogP contribution is -2.33. The summed E-state index contributed by atoms with van der Waals surface area (Å²) < 4.78 is 13.0. The highest BCUT2D eigenvalue weighted by Crippen LogP contribution is 2.27. The van der Waals surface area contributed by atoms with Crippen molar-refractivity contribution >= 4 is 11.5 Å². The predicted molar refractivity (Wildman–Crippen MR) is 94.4 cm³/mol. The van der Waals surface area contributed by atoms with E-state index in [1.54, 1.807) is 23.2 Å². The van der Waals surface area contributed by atoms with Gasteiger partial charge in [-0.1, -0.05) is 12.1 Å². The van der Waals surface area contributed by atoms with Gasteiger partial charge in [-0.15, -0.1) is 0 Å². The highest BCUT2D eigenvalue weighted by molar-refractivity contribution is 6.03. The number of hydrogen-bond donors (Lipinski definition) is 1. The molecule has 0 spiro atoms. The van der Waals surface area contributed by atoms with Crippen molar-refractivity contribution in [2.24, 2.45) is 0 Å². The molecule has 0 fully saturated rings. The number of halogens is 1. The Bertz CT molecular complexity index is 813. The number of rotatable bonds is 5. The van der Waals surface area contributed by atoms with Gasteiger partial charge in [-0.25, -0.2) is 4.39 Å². The molecule has 3 rings (SSSR count). The number of aromatic nitrogens is 1. The minimum absolute atomic E-state index is 0.0220. The van der Waals surface area contributed by atoms with Crippen LogP contribution in [0, 0.1) is 5.82 Å². The molecule has 0 radical (unpaired) electrons. The standard InChI is InChI=1S/C20H21FN2O2/c1-13(2)23-12-17(19(24)20(23)25)18-11-15(9-10-22-18)4-3-14-5-7-16(21)8-6-14/h5-11,13,24H,3-4,12H2,1-2H3. The molecule has 1 N–H and O–H groups in total. The van der Waals surface area contributed by atoms with Gasteiger partial charge in [0.25, 0.3) is 5.91 Å². The van der Waals surface area contributed by atoms with Crippen molar-refractivity contribution in [3.63, 3.8) is 0 Å². The summed E-state index contributed by atoms with van der Waals surface area (Å²) in [4.78, 5) is 18.1. The Balaban J connectivity index is 1.75. The third kappa shape index (κ3) is 3.71. The number of carbonyl (C=O) groups is 1. The number of hydrogen-bond acceptors (Lipinski definition) is 3. The number of aryl methyl sites for hydroxylation is 2. The number of pyridine rings is 1. The minimum atomic E-state index is -0.344. The Morgan fingerprint density at radius 3 is 2.48 bits per heavy atom. The smallest absolute Gasteiger partial charge is 0.289 e. The van der Waals surface area contributed by atoms with E-state index in [1.807, 2.05) is 26.0 Å². The topological polar surface area (TPSA) is 53.4 Å². The maximum atomic E-state index is 13.0. The fourth-order valence-corrected chi connectivity index (χ4v) is 2.94. The van der Waals surface area contributed by atoms with Gasteiger partial charge in [0, 0.05) is 17.8 Å². The molecule has 1 aromatic carbocycles. The van der Waals surface area contributed by atoms with Gasteiger partial charge in [0.2, 0.25) is 0 Å². The van der Waals surface area contributed by atoms with Crippen molar-refractivity contribution in [2.45, 2.75) is 32.7 Å². The van der Waals surface area contributed by atoms with Gasteiger partial charge in [0.1, 0.15) is 5.82 Å². The Morgan fingerprint density at radius 1 is 1.16 bits per heavy atom. The first kappa shape index (κ1) is 17.1. The van der Waals surface area contributed by atoms with Crippen LogP contribution < -0.4 is 0 Å². The number of aliphatic hydroxyl groups is 1. The minimum Gasteiger partial charge on any atom is -0.503 e. The Morgan fingerprint density at radius 2 is 1.84 bits per heavy atom. The van der Waals surface area contributed by atoms with E-state index in [0.29, 0.717) is 17.8 Å². The van der Waals surface area contributed by atoms with Crippen LogP contribution in [0.4, 0.5) is 4.39 Å². The van der Waals surface area contributed by atoms with Crippen LogP contribution in [0.2, 0.25) is 0 Å². The van der Waals surface area contributed by atoms with Crippen LogP contribution in [0.15, 0.2) is 48.4 Å². The molecule has 0 saturated heterocycles. The Kier molecular flexibility index (Phi) is 4.83. The van der Waals surface area contributed by atoms with Crippen LogP contribution in [0.25, 0.3) is 5.57 Å². The molecule has 2 aromatic rings.